The van der Waals surface area contributed by atoms with Crippen LogP contribution in [0.1, 0.15) is 5.56 Å². The summed E-state index contributed by atoms with van der Waals surface area (Å²) in [6.07, 6.45) is -5.95. The molecule has 0 heterocycles. The molecule has 1 unspecified atom stereocenters. The summed E-state index contributed by atoms with van der Waals surface area (Å²) < 4.78 is 72.5. The minimum absolute atomic E-state index is 0.0389. The highest BCUT2D eigenvalue weighted by atomic mass is 32.2. The first-order valence-electron chi connectivity index (χ1n) is 8.27. The molecule has 7 nitrogen and oxygen atoms in total. The summed E-state index contributed by atoms with van der Waals surface area (Å²) in [4.78, 5) is 10.4. The van der Waals surface area contributed by atoms with Crippen molar-refractivity contribution in [2.75, 3.05) is 19.0 Å². The second-order valence-electron chi connectivity index (χ2n) is 6.08. The summed E-state index contributed by atoms with van der Waals surface area (Å²) >= 11 is 4.06. The van der Waals surface area contributed by atoms with E-state index in [1.165, 1.54) is 12.1 Å². The Kier molecular flexibility index (Phi) is 7.61. The van der Waals surface area contributed by atoms with Gasteiger partial charge in [-0.1, -0.05) is 0 Å². The quantitative estimate of drug-likeness (QED) is 0.488. The lowest BCUT2D eigenvalue weighted by Crippen LogP contribution is -2.27. The molecule has 0 spiro atoms. The van der Waals surface area contributed by atoms with Crippen LogP contribution in [0.4, 0.5) is 13.2 Å². The van der Waals surface area contributed by atoms with Crippen molar-refractivity contribution in [2.45, 2.75) is 22.1 Å². The van der Waals surface area contributed by atoms with Crippen LogP contribution in [0.5, 0.6) is 11.5 Å². The minimum atomic E-state index is -4.49. The molecule has 0 fully saturated rings. The summed E-state index contributed by atoms with van der Waals surface area (Å²) in [6.45, 7) is -1.09. The molecular weight excluding hydrogens is 449 g/mol. The number of thiol groups is 1. The van der Waals surface area contributed by atoms with Crippen LogP contribution in [-0.2, 0) is 20.8 Å². The Morgan fingerprint density at radius 3 is 2.27 bits per heavy atom. The van der Waals surface area contributed by atoms with E-state index in [1.54, 1.807) is 0 Å². The van der Waals surface area contributed by atoms with Crippen LogP contribution in [0.2, 0.25) is 0 Å². The molecule has 0 aromatic heterocycles. The number of alkyl halides is 3. The Bertz CT molecular complexity index is 990. The molecule has 30 heavy (non-hydrogen) atoms. The van der Waals surface area contributed by atoms with E-state index >= 15 is 0 Å². The van der Waals surface area contributed by atoms with Crippen LogP contribution in [0.25, 0.3) is 0 Å². The van der Waals surface area contributed by atoms with Gasteiger partial charge in [-0.05, 0) is 42.5 Å². The predicted molar refractivity (Wildman–Crippen MR) is 102 cm³/mol. The van der Waals surface area contributed by atoms with E-state index in [-0.39, 0.29) is 21.3 Å². The molecule has 0 aliphatic heterocycles. The van der Waals surface area contributed by atoms with E-state index in [4.69, 9.17) is 14.6 Å². The molecule has 2 rings (SSSR count). The number of rotatable bonds is 9. The summed E-state index contributed by atoms with van der Waals surface area (Å²) in [5, 5.41) is 18.6. The van der Waals surface area contributed by atoms with Gasteiger partial charge < -0.3 is 19.7 Å². The molecular formula is C18H17F3O7S2. The fourth-order valence-electron chi connectivity index (χ4n) is 2.28. The molecule has 0 saturated heterocycles. The van der Waals surface area contributed by atoms with Crippen molar-refractivity contribution in [1.82, 2.24) is 0 Å². The van der Waals surface area contributed by atoms with E-state index in [9.17, 15) is 31.5 Å². The number of benzene rings is 2. The Labute approximate surface area is 175 Å². The summed E-state index contributed by atoms with van der Waals surface area (Å²) in [6, 6.07) is 7.31. The zero-order valence-corrected chi connectivity index (χ0v) is 16.9. The van der Waals surface area contributed by atoms with Crippen molar-refractivity contribution in [3.8, 4) is 11.5 Å². The number of halogens is 3. The molecule has 2 aromatic rings. The van der Waals surface area contributed by atoms with Gasteiger partial charge in [0, 0.05) is 4.90 Å². The highest BCUT2D eigenvalue weighted by molar-refractivity contribution is 7.91. The van der Waals surface area contributed by atoms with Crippen LogP contribution in [0.3, 0.4) is 0 Å². The highest BCUT2D eigenvalue weighted by Gasteiger charge is 2.30. The van der Waals surface area contributed by atoms with Crippen molar-refractivity contribution < 1.29 is 46.1 Å². The highest BCUT2D eigenvalue weighted by Crippen LogP contribution is 2.30. The van der Waals surface area contributed by atoms with Crippen molar-refractivity contribution in [3.05, 3.63) is 48.0 Å². The molecule has 12 heteroatoms. The van der Waals surface area contributed by atoms with Gasteiger partial charge in [-0.25, -0.2) is 13.2 Å². The average Bonchev–Trinajstić information content (AvgIpc) is 2.64. The van der Waals surface area contributed by atoms with Crippen molar-refractivity contribution in [3.63, 3.8) is 0 Å². The molecule has 0 radical (unpaired) electrons. The zero-order valence-electron chi connectivity index (χ0n) is 15.2. The van der Waals surface area contributed by atoms with Gasteiger partial charge in [0.2, 0.25) is 0 Å². The largest absolute Gasteiger partial charge is 0.491 e. The summed E-state index contributed by atoms with van der Waals surface area (Å²) in [7, 11) is -3.96. The van der Waals surface area contributed by atoms with Gasteiger partial charge >= 0.3 is 12.1 Å². The molecule has 164 valence electrons. The number of hydrogen-bond donors (Lipinski definition) is 3. The van der Waals surface area contributed by atoms with E-state index in [0.717, 1.165) is 30.3 Å². The summed E-state index contributed by atoms with van der Waals surface area (Å²) in [5.41, 5.74) is -0.865. The minimum Gasteiger partial charge on any atom is -0.491 e. The zero-order chi connectivity index (χ0) is 22.5. The maximum atomic E-state index is 12.5. The summed E-state index contributed by atoms with van der Waals surface area (Å²) in [5.74, 6) is -1.81. The van der Waals surface area contributed by atoms with Gasteiger partial charge in [-0.3, -0.25) is 0 Å². The first-order valence-corrected chi connectivity index (χ1v) is 10.4. The number of sulfone groups is 1. The molecule has 2 aromatic carbocycles. The van der Waals surface area contributed by atoms with E-state index in [2.05, 4.69) is 12.6 Å². The Morgan fingerprint density at radius 1 is 1.10 bits per heavy atom. The molecule has 2 N–H and O–H groups in total. The topological polar surface area (TPSA) is 110 Å². The number of hydrogen-bond acceptors (Lipinski definition) is 7. The SMILES string of the molecule is O=C(O)COc1ccc(S(=O)(=O)CC(O)COc2ccc(C(F)(F)F)cc2)cc1S. The van der Waals surface area contributed by atoms with Crippen molar-refractivity contribution in [2.24, 2.45) is 0 Å². The first kappa shape index (κ1) is 23.8. The number of aliphatic hydroxyl groups excluding tert-OH is 1. The molecule has 0 saturated carbocycles. The van der Waals surface area contributed by atoms with Crippen LogP contribution in [-0.4, -0.2) is 49.7 Å². The first-order chi connectivity index (χ1) is 13.9. The number of carbonyl (C=O) groups is 1. The fraction of sp³-hybridized carbons (Fsp3) is 0.278. The van der Waals surface area contributed by atoms with Crippen LogP contribution in [0.15, 0.2) is 52.3 Å². The fourth-order valence-corrected chi connectivity index (χ4v) is 4.02. The van der Waals surface area contributed by atoms with Crippen molar-refractivity contribution >= 4 is 28.4 Å². The molecule has 1 atom stereocenters. The molecule has 0 amide bonds. The van der Waals surface area contributed by atoms with Gasteiger partial charge in [0.25, 0.3) is 0 Å². The van der Waals surface area contributed by atoms with Gasteiger partial charge in [0.05, 0.1) is 16.2 Å². The maximum absolute atomic E-state index is 12.5. The lowest BCUT2D eigenvalue weighted by atomic mass is 10.2. The van der Waals surface area contributed by atoms with E-state index in [0.29, 0.717) is 0 Å². The second-order valence-corrected chi connectivity index (χ2v) is 8.60. The van der Waals surface area contributed by atoms with Gasteiger partial charge in [-0.15, -0.1) is 12.6 Å². The van der Waals surface area contributed by atoms with E-state index < -0.39 is 52.6 Å². The lowest BCUT2D eigenvalue weighted by Gasteiger charge is -2.14. The number of carboxylic acid groups (broad SMARTS) is 1. The van der Waals surface area contributed by atoms with Crippen molar-refractivity contribution in [1.29, 1.82) is 0 Å². The smallest absolute Gasteiger partial charge is 0.416 e. The van der Waals surface area contributed by atoms with Gasteiger partial charge in [0.1, 0.15) is 24.2 Å². The van der Waals surface area contributed by atoms with Gasteiger partial charge in [0.15, 0.2) is 16.4 Å². The Hall–Kier alpha value is -2.44. The predicted octanol–water partition coefficient (Wildman–Crippen LogP) is 2.67. The Balaban J connectivity index is 1.97. The van der Waals surface area contributed by atoms with Crippen LogP contribution < -0.4 is 9.47 Å². The number of ether oxygens (including phenoxy) is 2. The molecule has 0 bridgehead atoms. The molecule has 0 aliphatic rings. The third-order valence-electron chi connectivity index (χ3n) is 3.68. The monoisotopic (exact) mass is 466 g/mol. The van der Waals surface area contributed by atoms with E-state index in [1.807, 2.05) is 0 Å². The normalized spacial score (nSPS) is 13.0. The average molecular weight is 466 g/mol. The third kappa shape index (κ3) is 6.82. The Morgan fingerprint density at radius 2 is 1.73 bits per heavy atom. The number of aliphatic carboxylic acids is 1. The van der Waals surface area contributed by atoms with Crippen LogP contribution >= 0.6 is 12.6 Å². The molecule has 0 aliphatic carbocycles. The standard InChI is InChI=1S/C18H17F3O7S2/c19-18(20,21)11-1-3-13(4-2-11)27-8-12(22)10-30(25,26)14-5-6-15(16(29)7-14)28-9-17(23)24/h1-7,12,22,29H,8-10H2,(H,23,24). The number of carboxylic acids is 1. The third-order valence-corrected chi connectivity index (χ3v) is 5.82. The maximum Gasteiger partial charge on any atom is 0.416 e. The van der Waals surface area contributed by atoms with Crippen LogP contribution in [0, 0.1) is 0 Å². The van der Waals surface area contributed by atoms with Gasteiger partial charge in [-0.2, -0.15) is 13.2 Å². The second kappa shape index (κ2) is 9.58. The number of aliphatic hydroxyl groups is 1. The lowest BCUT2D eigenvalue weighted by molar-refractivity contribution is -0.139.